The first kappa shape index (κ1) is 6.60. The van der Waals surface area contributed by atoms with Crippen LogP contribution in [0.3, 0.4) is 0 Å². The monoisotopic (exact) mass is 122 g/mol. The van der Waals surface area contributed by atoms with E-state index >= 15 is 0 Å². The molecule has 2 aliphatic carbocycles. The van der Waals surface area contributed by atoms with Crippen molar-refractivity contribution in [1.29, 1.82) is 0 Å². The molecule has 0 nitrogen and oxygen atoms in total. The molecule has 0 heteroatoms. The van der Waals surface area contributed by atoms with Crippen LogP contribution in [0.25, 0.3) is 0 Å². The van der Waals surface area contributed by atoms with E-state index in [-0.39, 0.29) is 0 Å². The van der Waals surface area contributed by atoms with Gasteiger partial charge in [0.1, 0.15) is 0 Å². The van der Waals surface area contributed by atoms with Crippen molar-refractivity contribution in [2.75, 3.05) is 0 Å². The molecular weight excluding hydrogens is 108 g/mol. The van der Waals surface area contributed by atoms with Gasteiger partial charge in [0.15, 0.2) is 0 Å². The summed E-state index contributed by atoms with van der Waals surface area (Å²) in [6, 6.07) is 0. The molecule has 2 rings (SSSR count). The first-order valence-corrected chi connectivity index (χ1v) is 3.85. The summed E-state index contributed by atoms with van der Waals surface area (Å²) in [5.74, 6) is 0. The highest BCUT2D eigenvalue weighted by molar-refractivity contribution is 5.44. The number of hydrogen-bond donors (Lipinski definition) is 0. The lowest BCUT2D eigenvalue weighted by Gasteiger charge is -2.16. The molecule has 50 valence electrons. The molecule has 1 fully saturated rings. The lowest BCUT2D eigenvalue weighted by atomic mass is 9.89. The molecule has 0 aliphatic heterocycles. The predicted octanol–water partition coefficient (Wildman–Crippen LogP) is 3.06. The van der Waals surface area contributed by atoms with Crippen LogP contribution in [0.2, 0.25) is 0 Å². The topological polar surface area (TPSA) is 0 Å². The van der Waals surface area contributed by atoms with Gasteiger partial charge in [0.25, 0.3) is 0 Å². The molecule has 0 N–H and O–H groups in total. The molecule has 0 atom stereocenters. The summed E-state index contributed by atoms with van der Waals surface area (Å²) in [7, 11) is 0. The molecule has 0 spiro atoms. The largest absolute Gasteiger partial charge is 0.0772 e. The van der Waals surface area contributed by atoms with Crippen LogP contribution in [0.5, 0.6) is 0 Å². The summed E-state index contributed by atoms with van der Waals surface area (Å²) < 4.78 is 0. The Morgan fingerprint density at radius 3 is 1.67 bits per heavy atom. The standard InChI is InChI=1S/C7H8.C2H6/c1-2-6-4-5-7(6)3-1;1-2/h2-3H,1,4-5H2;1-2H3. The van der Waals surface area contributed by atoms with Crippen LogP contribution in [0.15, 0.2) is 23.3 Å². The molecule has 2 aliphatic rings. The molecule has 0 aromatic carbocycles. The number of hydrogen-bond acceptors (Lipinski definition) is 0. The molecule has 0 aromatic heterocycles. The van der Waals surface area contributed by atoms with Gasteiger partial charge in [-0.2, -0.15) is 0 Å². The van der Waals surface area contributed by atoms with Gasteiger partial charge in [0.2, 0.25) is 0 Å². The van der Waals surface area contributed by atoms with Gasteiger partial charge in [0.05, 0.1) is 0 Å². The second-order valence-corrected chi connectivity index (χ2v) is 2.19. The van der Waals surface area contributed by atoms with E-state index in [0.717, 1.165) is 0 Å². The summed E-state index contributed by atoms with van der Waals surface area (Å²) in [5, 5.41) is 0. The third kappa shape index (κ3) is 1.07. The van der Waals surface area contributed by atoms with E-state index in [9.17, 15) is 0 Å². The molecule has 0 saturated heterocycles. The minimum atomic E-state index is 1.21. The van der Waals surface area contributed by atoms with Crippen LogP contribution in [0.1, 0.15) is 33.1 Å². The Balaban J connectivity index is 0.000000186. The molecule has 0 aromatic rings. The molecule has 0 bridgehead atoms. The molecule has 0 unspecified atom stereocenters. The Labute approximate surface area is 57.3 Å². The first-order chi connectivity index (χ1) is 4.47. The van der Waals surface area contributed by atoms with E-state index in [1.165, 1.54) is 19.3 Å². The van der Waals surface area contributed by atoms with E-state index in [2.05, 4.69) is 12.2 Å². The third-order valence-corrected chi connectivity index (χ3v) is 1.80. The Hall–Kier alpha value is -0.520. The van der Waals surface area contributed by atoms with Crippen LogP contribution >= 0.6 is 0 Å². The average molecular weight is 122 g/mol. The van der Waals surface area contributed by atoms with Gasteiger partial charge in [-0.1, -0.05) is 26.0 Å². The Morgan fingerprint density at radius 1 is 1.00 bits per heavy atom. The lowest BCUT2D eigenvalue weighted by Crippen LogP contribution is -1.97. The van der Waals surface area contributed by atoms with Crippen molar-refractivity contribution in [3.8, 4) is 0 Å². The second kappa shape index (κ2) is 2.86. The maximum atomic E-state index is 2.33. The Morgan fingerprint density at radius 2 is 1.44 bits per heavy atom. The normalized spacial score (nSPS) is 20.2. The maximum absolute atomic E-state index is 2.33. The highest BCUT2D eigenvalue weighted by atomic mass is 14.2. The lowest BCUT2D eigenvalue weighted by molar-refractivity contribution is 0.834. The SMILES string of the molecule is C1=C2CCC2=CC1.CC. The summed E-state index contributed by atoms with van der Waals surface area (Å²) >= 11 is 0. The predicted molar refractivity (Wildman–Crippen MR) is 41.4 cm³/mol. The number of allylic oxidation sites excluding steroid dienone is 4. The zero-order valence-corrected chi connectivity index (χ0v) is 6.28. The van der Waals surface area contributed by atoms with Crippen molar-refractivity contribution in [1.82, 2.24) is 0 Å². The van der Waals surface area contributed by atoms with Gasteiger partial charge < -0.3 is 0 Å². The fourth-order valence-corrected chi connectivity index (χ4v) is 1.22. The highest BCUT2D eigenvalue weighted by Crippen LogP contribution is 2.36. The van der Waals surface area contributed by atoms with Crippen molar-refractivity contribution >= 4 is 0 Å². The first-order valence-electron chi connectivity index (χ1n) is 3.85. The maximum Gasteiger partial charge on any atom is -0.0157 e. The average Bonchev–Trinajstić information content (AvgIpc) is 2.17. The third-order valence-electron chi connectivity index (χ3n) is 1.80. The highest BCUT2D eigenvalue weighted by Gasteiger charge is 2.17. The van der Waals surface area contributed by atoms with Crippen LogP contribution in [-0.4, -0.2) is 0 Å². The fourth-order valence-electron chi connectivity index (χ4n) is 1.22. The Bertz CT molecular complexity index is 131. The van der Waals surface area contributed by atoms with Crippen molar-refractivity contribution in [2.24, 2.45) is 0 Å². The summed E-state index contributed by atoms with van der Waals surface area (Å²) in [5.41, 5.74) is 3.25. The molecular formula is C9H14. The number of rotatable bonds is 0. The van der Waals surface area contributed by atoms with E-state index in [1.807, 2.05) is 13.8 Å². The number of fused-ring (bicyclic) bond motifs is 1. The zero-order valence-electron chi connectivity index (χ0n) is 6.28. The van der Waals surface area contributed by atoms with Gasteiger partial charge in [-0.15, -0.1) is 0 Å². The van der Waals surface area contributed by atoms with Crippen molar-refractivity contribution in [3.63, 3.8) is 0 Å². The Kier molecular flexibility index (Phi) is 2.10. The molecule has 9 heavy (non-hydrogen) atoms. The van der Waals surface area contributed by atoms with Gasteiger partial charge >= 0.3 is 0 Å². The summed E-state index contributed by atoms with van der Waals surface area (Å²) in [6.07, 6.45) is 8.58. The summed E-state index contributed by atoms with van der Waals surface area (Å²) in [6.45, 7) is 4.00. The molecule has 0 amide bonds. The summed E-state index contributed by atoms with van der Waals surface area (Å²) in [4.78, 5) is 0. The van der Waals surface area contributed by atoms with Crippen molar-refractivity contribution < 1.29 is 0 Å². The van der Waals surface area contributed by atoms with E-state index in [0.29, 0.717) is 0 Å². The minimum absolute atomic E-state index is 1.21. The van der Waals surface area contributed by atoms with E-state index in [1.54, 1.807) is 11.1 Å². The second-order valence-electron chi connectivity index (χ2n) is 2.19. The van der Waals surface area contributed by atoms with Gasteiger partial charge in [-0.25, -0.2) is 0 Å². The van der Waals surface area contributed by atoms with Crippen LogP contribution in [0, 0.1) is 0 Å². The zero-order chi connectivity index (χ0) is 6.69. The molecule has 1 saturated carbocycles. The van der Waals surface area contributed by atoms with E-state index < -0.39 is 0 Å². The van der Waals surface area contributed by atoms with Gasteiger partial charge in [0, 0.05) is 0 Å². The quantitative estimate of drug-likeness (QED) is 0.463. The van der Waals surface area contributed by atoms with Gasteiger partial charge in [-0.05, 0) is 30.4 Å². The molecule has 0 radical (unpaired) electrons. The van der Waals surface area contributed by atoms with Crippen molar-refractivity contribution in [2.45, 2.75) is 33.1 Å². The molecule has 0 heterocycles. The minimum Gasteiger partial charge on any atom is -0.0772 e. The van der Waals surface area contributed by atoms with E-state index in [4.69, 9.17) is 0 Å². The van der Waals surface area contributed by atoms with Crippen LogP contribution in [0.4, 0.5) is 0 Å². The van der Waals surface area contributed by atoms with Crippen molar-refractivity contribution in [3.05, 3.63) is 23.3 Å². The smallest absolute Gasteiger partial charge is 0.0157 e. The van der Waals surface area contributed by atoms with Crippen LogP contribution < -0.4 is 0 Å². The van der Waals surface area contributed by atoms with Gasteiger partial charge in [-0.3, -0.25) is 0 Å². The fraction of sp³-hybridized carbons (Fsp3) is 0.556. The van der Waals surface area contributed by atoms with Crippen LogP contribution in [-0.2, 0) is 0 Å².